The van der Waals surface area contributed by atoms with Crippen molar-refractivity contribution in [2.75, 3.05) is 31.1 Å². The third kappa shape index (κ3) is 4.34. The van der Waals surface area contributed by atoms with Crippen molar-refractivity contribution in [2.24, 2.45) is 0 Å². The predicted molar refractivity (Wildman–Crippen MR) is 112 cm³/mol. The molecule has 0 saturated carbocycles. The molecule has 0 radical (unpaired) electrons. The number of rotatable bonds is 4. The molecular weight excluding hydrogens is 366 g/mol. The van der Waals surface area contributed by atoms with Gasteiger partial charge in [0.05, 0.1) is 5.69 Å². The zero-order chi connectivity index (χ0) is 20.2. The average molecular weight is 389 g/mol. The summed E-state index contributed by atoms with van der Waals surface area (Å²) in [5, 5.41) is 4.41. The first-order valence-corrected chi connectivity index (χ1v) is 9.69. The van der Waals surface area contributed by atoms with Gasteiger partial charge in [-0.15, -0.1) is 0 Å². The number of piperazine rings is 1. The van der Waals surface area contributed by atoms with Crippen molar-refractivity contribution >= 4 is 11.7 Å². The Morgan fingerprint density at radius 2 is 1.72 bits per heavy atom. The molecule has 0 spiro atoms. The van der Waals surface area contributed by atoms with Crippen LogP contribution >= 0.6 is 0 Å². The second-order valence-electron chi connectivity index (χ2n) is 7.14. The number of aromatic nitrogens is 3. The van der Waals surface area contributed by atoms with E-state index in [-0.39, 0.29) is 18.0 Å². The van der Waals surface area contributed by atoms with Gasteiger partial charge in [0.25, 0.3) is 5.56 Å². The normalized spacial score (nSPS) is 14.1. The van der Waals surface area contributed by atoms with E-state index >= 15 is 0 Å². The molecule has 0 unspecified atom stereocenters. The van der Waals surface area contributed by atoms with E-state index in [1.54, 1.807) is 17.2 Å². The van der Waals surface area contributed by atoms with Gasteiger partial charge >= 0.3 is 0 Å². The van der Waals surface area contributed by atoms with Crippen LogP contribution in [-0.2, 0) is 11.3 Å². The highest BCUT2D eigenvalue weighted by atomic mass is 16.2. The molecule has 2 aromatic heterocycles. The topological polar surface area (TPSA) is 71.3 Å². The Hall–Kier alpha value is -3.48. The summed E-state index contributed by atoms with van der Waals surface area (Å²) in [5.41, 5.74) is 2.47. The minimum atomic E-state index is -0.277. The van der Waals surface area contributed by atoms with Crippen molar-refractivity contribution in [3.63, 3.8) is 0 Å². The lowest BCUT2D eigenvalue weighted by Gasteiger charge is -2.35. The predicted octanol–water partition coefficient (Wildman–Crippen LogP) is 1.96. The number of carbonyl (C=O) groups is 1. The largest absolute Gasteiger partial charge is 0.353 e. The van der Waals surface area contributed by atoms with Gasteiger partial charge in [-0.05, 0) is 25.1 Å². The second-order valence-corrected chi connectivity index (χ2v) is 7.14. The lowest BCUT2D eigenvalue weighted by molar-refractivity contribution is -0.132. The van der Waals surface area contributed by atoms with Gasteiger partial charge in [0, 0.05) is 44.0 Å². The van der Waals surface area contributed by atoms with E-state index in [1.807, 2.05) is 49.4 Å². The Morgan fingerprint density at radius 1 is 0.966 bits per heavy atom. The smallest absolute Gasteiger partial charge is 0.267 e. The van der Waals surface area contributed by atoms with Gasteiger partial charge in [-0.1, -0.05) is 35.9 Å². The van der Waals surface area contributed by atoms with Crippen LogP contribution in [0.2, 0.25) is 0 Å². The maximum atomic E-state index is 12.7. The van der Waals surface area contributed by atoms with E-state index in [9.17, 15) is 9.59 Å². The number of aryl methyl sites for hydroxylation is 1. The lowest BCUT2D eigenvalue weighted by Crippen LogP contribution is -2.50. The van der Waals surface area contributed by atoms with Crippen molar-refractivity contribution in [2.45, 2.75) is 13.5 Å². The zero-order valence-electron chi connectivity index (χ0n) is 16.4. The van der Waals surface area contributed by atoms with Crippen molar-refractivity contribution in [3.05, 3.63) is 76.7 Å². The van der Waals surface area contributed by atoms with E-state index in [2.05, 4.69) is 15.0 Å². The van der Waals surface area contributed by atoms with Crippen molar-refractivity contribution in [3.8, 4) is 11.3 Å². The first kappa shape index (κ1) is 18.9. The van der Waals surface area contributed by atoms with Gasteiger partial charge < -0.3 is 9.80 Å². The quantitative estimate of drug-likeness (QED) is 0.682. The number of nitrogens with zero attached hydrogens (tertiary/aromatic N) is 5. The van der Waals surface area contributed by atoms with E-state index in [0.29, 0.717) is 31.9 Å². The molecule has 1 saturated heterocycles. The summed E-state index contributed by atoms with van der Waals surface area (Å²) in [6.45, 7) is 4.60. The highest BCUT2D eigenvalue weighted by Gasteiger charge is 2.22. The molecule has 4 rings (SSSR count). The summed E-state index contributed by atoms with van der Waals surface area (Å²) in [4.78, 5) is 33.3. The molecule has 1 aromatic carbocycles. The van der Waals surface area contributed by atoms with Crippen LogP contribution in [0.4, 0.5) is 5.82 Å². The summed E-state index contributed by atoms with van der Waals surface area (Å²) in [6.07, 6.45) is 1.77. The Labute approximate surface area is 169 Å². The Kier molecular flexibility index (Phi) is 5.37. The fourth-order valence-electron chi connectivity index (χ4n) is 3.39. The second kappa shape index (κ2) is 8.26. The first-order chi connectivity index (χ1) is 14.1. The van der Waals surface area contributed by atoms with Crippen molar-refractivity contribution in [1.82, 2.24) is 19.7 Å². The molecule has 0 N–H and O–H groups in total. The van der Waals surface area contributed by atoms with Gasteiger partial charge in [0.1, 0.15) is 12.4 Å². The number of anilines is 1. The summed E-state index contributed by atoms with van der Waals surface area (Å²) in [6, 6.07) is 16.9. The highest BCUT2D eigenvalue weighted by molar-refractivity contribution is 5.76. The number of carbonyl (C=O) groups excluding carboxylic acids is 1. The molecular formula is C22H23N5O2. The highest BCUT2D eigenvalue weighted by Crippen LogP contribution is 2.16. The maximum absolute atomic E-state index is 12.7. The van der Waals surface area contributed by atoms with Crippen LogP contribution in [0.1, 0.15) is 5.56 Å². The molecule has 7 nitrogen and oxygen atoms in total. The van der Waals surface area contributed by atoms with Crippen LogP contribution in [0.3, 0.4) is 0 Å². The number of pyridine rings is 1. The molecule has 0 aliphatic carbocycles. The molecule has 0 bridgehead atoms. The van der Waals surface area contributed by atoms with Gasteiger partial charge in [0.2, 0.25) is 5.91 Å². The average Bonchev–Trinajstić information content (AvgIpc) is 2.76. The van der Waals surface area contributed by atoms with Crippen LogP contribution < -0.4 is 10.5 Å². The fourth-order valence-corrected chi connectivity index (χ4v) is 3.39. The van der Waals surface area contributed by atoms with Crippen LogP contribution in [0, 0.1) is 6.92 Å². The number of hydrogen-bond acceptors (Lipinski definition) is 5. The van der Waals surface area contributed by atoms with Crippen molar-refractivity contribution in [1.29, 1.82) is 0 Å². The minimum Gasteiger partial charge on any atom is -0.353 e. The minimum absolute atomic E-state index is 0.0535. The first-order valence-electron chi connectivity index (χ1n) is 9.69. The molecule has 3 aromatic rings. The van der Waals surface area contributed by atoms with E-state index in [1.165, 1.54) is 10.7 Å². The Balaban J connectivity index is 1.43. The molecule has 1 aliphatic rings. The van der Waals surface area contributed by atoms with E-state index in [0.717, 1.165) is 16.9 Å². The maximum Gasteiger partial charge on any atom is 0.267 e. The molecule has 29 heavy (non-hydrogen) atoms. The summed E-state index contributed by atoms with van der Waals surface area (Å²) < 4.78 is 1.25. The molecule has 1 fully saturated rings. The van der Waals surface area contributed by atoms with Crippen LogP contribution in [0.15, 0.2) is 65.6 Å². The van der Waals surface area contributed by atoms with Crippen molar-refractivity contribution < 1.29 is 4.79 Å². The lowest BCUT2D eigenvalue weighted by atomic mass is 10.1. The number of benzene rings is 1. The monoisotopic (exact) mass is 389 g/mol. The molecule has 7 heteroatoms. The summed E-state index contributed by atoms with van der Waals surface area (Å²) in [5.74, 6) is 0.824. The van der Waals surface area contributed by atoms with Crippen LogP contribution in [0.5, 0.6) is 0 Å². The summed E-state index contributed by atoms with van der Waals surface area (Å²) in [7, 11) is 0. The van der Waals surface area contributed by atoms with Crippen LogP contribution in [-0.4, -0.2) is 51.8 Å². The standard InChI is InChI=1S/C22H23N5O2/c1-17-5-7-18(8-6-17)19-9-10-21(28)27(24-19)16-22(29)26-14-12-25(13-15-26)20-4-2-3-11-23-20/h2-11H,12-16H2,1H3. The Morgan fingerprint density at radius 3 is 2.41 bits per heavy atom. The van der Waals surface area contributed by atoms with Crippen LogP contribution in [0.25, 0.3) is 11.3 Å². The third-order valence-corrected chi connectivity index (χ3v) is 5.10. The molecule has 148 valence electrons. The molecule has 3 heterocycles. The van der Waals surface area contributed by atoms with Gasteiger partial charge in [-0.25, -0.2) is 9.67 Å². The SMILES string of the molecule is Cc1ccc(-c2ccc(=O)n(CC(=O)N3CCN(c4ccccn4)CC3)n2)cc1. The molecule has 1 aliphatic heterocycles. The zero-order valence-corrected chi connectivity index (χ0v) is 16.4. The van der Waals surface area contributed by atoms with Gasteiger partial charge in [0.15, 0.2) is 0 Å². The third-order valence-electron chi connectivity index (χ3n) is 5.10. The molecule has 0 atom stereocenters. The Bertz CT molecular complexity index is 1040. The van der Waals surface area contributed by atoms with E-state index in [4.69, 9.17) is 0 Å². The van der Waals surface area contributed by atoms with Gasteiger partial charge in [-0.3, -0.25) is 9.59 Å². The molecule has 1 amide bonds. The summed E-state index contributed by atoms with van der Waals surface area (Å²) >= 11 is 0. The fraction of sp³-hybridized carbons (Fsp3) is 0.273. The van der Waals surface area contributed by atoms with E-state index < -0.39 is 0 Å². The number of amides is 1. The number of hydrogen-bond donors (Lipinski definition) is 0. The van der Waals surface area contributed by atoms with Gasteiger partial charge in [-0.2, -0.15) is 5.10 Å².